The highest BCUT2D eigenvalue weighted by Gasteiger charge is 2.19. The van der Waals surface area contributed by atoms with E-state index < -0.39 is 6.10 Å². The molecule has 2 rings (SSSR count). The van der Waals surface area contributed by atoms with Crippen molar-refractivity contribution in [3.8, 4) is 0 Å². The molecule has 2 aromatic rings. The van der Waals surface area contributed by atoms with E-state index in [0.29, 0.717) is 16.3 Å². The fraction of sp³-hybridized carbons (Fsp3) is 0.118. The number of anilines is 1. The third kappa shape index (κ3) is 3.32. The summed E-state index contributed by atoms with van der Waals surface area (Å²) in [5.74, 6) is -0.251. The Kier molecular flexibility index (Phi) is 4.78. The molecule has 21 heavy (non-hydrogen) atoms. The van der Waals surface area contributed by atoms with E-state index in [-0.39, 0.29) is 5.91 Å². The van der Waals surface area contributed by atoms with Gasteiger partial charge in [-0.25, -0.2) is 0 Å². The maximum absolute atomic E-state index is 11.8. The van der Waals surface area contributed by atoms with Crippen LogP contribution in [0.1, 0.15) is 17.2 Å². The number of aliphatic hydroxyl groups is 1. The number of aliphatic hydroxyl groups excluding tert-OH is 1. The first kappa shape index (κ1) is 15.3. The van der Waals surface area contributed by atoms with Crippen LogP contribution in [0.15, 0.2) is 61.2 Å². The summed E-state index contributed by atoms with van der Waals surface area (Å²) in [6.45, 7) is 3.48. The highest BCUT2D eigenvalue weighted by Crippen LogP contribution is 2.32. The van der Waals surface area contributed by atoms with Crippen molar-refractivity contribution in [2.45, 2.75) is 6.10 Å². The second kappa shape index (κ2) is 6.57. The van der Waals surface area contributed by atoms with Gasteiger partial charge in [0.15, 0.2) is 0 Å². The largest absolute Gasteiger partial charge is 0.384 e. The molecular formula is C17H16ClNO2. The third-order valence-electron chi connectivity index (χ3n) is 3.27. The summed E-state index contributed by atoms with van der Waals surface area (Å²) < 4.78 is 0. The number of benzene rings is 2. The van der Waals surface area contributed by atoms with Gasteiger partial charge in [-0.2, -0.15) is 0 Å². The van der Waals surface area contributed by atoms with E-state index in [4.69, 9.17) is 11.6 Å². The summed E-state index contributed by atoms with van der Waals surface area (Å²) in [7, 11) is 1.63. The highest BCUT2D eigenvalue weighted by molar-refractivity contribution is 6.30. The fourth-order valence-electron chi connectivity index (χ4n) is 2.12. The predicted molar refractivity (Wildman–Crippen MR) is 85.6 cm³/mol. The second-order valence-corrected chi connectivity index (χ2v) is 5.05. The fourth-order valence-corrected chi connectivity index (χ4v) is 2.30. The number of rotatable bonds is 4. The Morgan fingerprint density at radius 3 is 2.57 bits per heavy atom. The molecule has 3 nitrogen and oxygen atoms in total. The molecule has 2 aromatic carbocycles. The zero-order valence-corrected chi connectivity index (χ0v) is 12.4. The standard InChI is InChI=1S/C17H16ClNO2/c1-3-16(20)19(2)15-10-9-13(18)11-14(15)17(21)12-7-5-4-6-8-12/h3-11,17,21H,1H2,2H3. The van der Waals surface area contributed by atoms with Gasteiger partial charge in [-0.15, -0.1) is 0 Å². The summed E-state index contributed by atoms with van der Waals surface area (Å²) in [5.41, 5.74) is 1.91. The van der Waals surface area contributed by atoms with E-state index >= 15 is 0 Å². The van der Waals surface area contributed by atoms with Crippen LogP contribution in [0.4, 0.5) is 5.69 Å². The van der Waals surface area contributed by atoms with Gasteiger partial charge in [0.25, 0.3) is 0 Å². The summed E-state index contributed by atoms with van der Waals surface area (Å²) in [4.78, 5) is 13.2. The first-order chi connectivity index (χ1) is 10.0. The number of carbonyl (C=O) groups excluding carboxylic acids is 1. The number of hydrogen-bond donors (Lipinski definition) is 1. The molecule has 0 radical (unpaired) electrons. The van der Waals surface area contributed by atoms with Gasteiger partial charge >= 0.3 is 0 Å². The van der Waals surface area contributed by atoms with Gasteiger partial charge < -0.3 is 10.0 Å². The smallest absolute Gasteiger partial charge is 0.250 e. The molecule has 0 bridgehead atoms. The minimum absolute atomic E-state index is 0.251. The maximum Gasteiger partial charge on any atom is 0.250 e. The number of halogens is 1. The van der Waals surface area contributed by atoms with Gasteiger partial charge in [-0.3, -0.25) is 4.79 Å². The van der Waals surface area contributed by atoms with Gasteiger partial charge in [-0.05, 0) is 29.8 Å². The Balaban J connectivity index is 2.49. The number of amides is 1. The number of nitrogens with zero attached hydrogens (tertiary/aromatic N) is 1. The van der Waals surface area contributed by atoms with Crippen LogP contribution in [0.2, 0.25) is 5.02 Å². The van der Waals surface area contributed by atoms with Crippen LogP contribution in [-0.4, -0.2) is 18.1 Å². The summed E-state index contributed by atoms with van der Waals surface area (Å²) in [6, 6.07) is 14.3. The topological polar surface area (TPSA) is 40.5 Å². The minimum Gasteiger partial charge on any atom is -0.384 e. The van der Waals surface area contributed by atoms with Crippen LogP contribution in [0.5, 0.6) is 0 Å². The van der Waals surface area contributed by atoms with Crippen molar-refractivity contribution in [1.82, 2.24) is 0 Å². The number of hydrogen-bond acceptors (Lipinski definition) is 2. The molecule has 0 aliphatic rings. The van der Waals surface area contributed by atoms with Gasteiger partial charge in [0.05, 0.1) is 0 Å². The zero-order chi connectivity index (χ0) is 15.4. The van der Waals surface area contributed by atoms with Crippen molar-refractivity contribution in [1.29, 1.82) is 0 Å². The second-order valence-electron chi connectivity index (χ2n) is 4.62. The summed E-state index contributed by atoms with van der Waals surface area (Å²) >= 11 is 6.03. The van der Waals surface area contributed by atoms with Crippen molar-refractivity contribution >= 4 is 23.2 Å². The van der Waals surface area contributed by atoms with Crippen LogP contribution < -0.4 is 4.90 Å². The van der Waals surface area contributed by atoms with Crippen LogP contribution in [0.3, 0.4) is 0 Å². The molecule has 108 valence electrons. The molecule has 1 atom stereocenters. The maximum atomic E-state index is 11.8. The molecule has 4 heteroatoms. The molecule has 1 unspecified atom stereocenters. The van der Waals surface area contributed by atoms with Gasteiger partial charge in [0.1, 0.15) is 6.10 Å². The average molecular weight is 302 g/mol. The first-order valence-electron chi connectivity index (χ1n) is 6.47. The van der Waals surface area contributed by atoms with Crippen LogP contribution in [-0.2, 0) is 4.79 Å². The molecule has 0 heterocycles. The Bertz CT molecular complexity index is 655. The van der Waals surface area contributed by atoms with E-state index in [2.05, 4.69) is 6.58 Å². The predicted octanol–water partition coefficient (Wildman–Crippen LogP) is 3.57. The molecule has 0 aliphatic carbocycles. The van der Waals surface area contributed by atoms with Gasteiger partial charge in [0.2, 0.25) is 5.91 Å². The Labute approximate surface area is 129 Å². The van der Waals surface area contributed by atoms with E-state index in [9.17, 15) is 9.90 Å². The molecular weight excluding hydrogens is 286 g/mol. The van der Waals surface area contributed by atoms with Crippen LogP contribution in [0.25, 0.3) is 0 Å². The van der Waals surface area contributed by atoms with Crippen LogP contribution >= 0.6 is 11.6 Å². The molecule has 1 N–H and O–H groups in total. The molecule has 0 aromatic heterocycles. The Hall–Kier alpha value is -2.10. The lowest BCUT2D eigenvalue weighted by Crippen LogP contribution is -2.25. The van der Waals surface area contributed by atoms with E-state index in [1.807, 2.05) is 30.3 Å². The van der Waals surface area contributed by atoms with Crippen molar-refractivity contribution in [2.75, 3.05) is 11.9 Å². The third-order valence-corrected chi connectivity index (χ3v) is 3.50. The van der Waals surface area contributed by atoms with E-state index in [1.165, 1.54) is 11.0 Å². The van der Waals surface area contributed by atoms with Crippen LogP contribution in [0, 0.1) is 0 Å². The van der Waals surface area contributed by atoms with Crippen molar-refractivity contribution in [3.63, 3.8) is 0 Å². The molecule has 0 saturated carbocycles. The van der Waals surface area contributed by atoms with Gasteiger partial charge in [-0.1, -0.05) is 48.5 Å². The lowest BCUT2D eigenvalue weighted by Gasteiger charge is -2.22. The monoisotopic (exact) mass is 301 g/mol. The zero-order valence-electron chi connectivity index (χ0n) is 11.7. The Morgan fingerprint density at radius 2 is 1.95 bits per heavy atom. The lowest BCUT2D eigenvalue weighted by molar-refractivity contribution is -0.113. The quantitative estimate of drug-likeness (QED) is 0.877. The molecule has 0 saturated heterocycles. The average Bonchev–Trinajstić information content (AvgIpc) is 2.53. The Morgan fingerprint density at radius 1 is 1.29 bits per heavy atom. The van der Waals surface area contributed by atoms with E-state index in [0.717, 1.165) is 5.56 Å². The molecule has 1 amide bonds. The first-order valence-corrected chi connectivity index (χ1v) is 6.85. The molecule has 0 fully saturated rings. The normalized spacial score (nSPS) is 11.8. The van der Waals surface area contributed by atoms with Crippen molar-refractivity contribution in [2.24, 2.45) is 0 Å². The number of likely N-dealkylation sites (N-methyl/N-ethyl adjacent to an activating group) is 1. The summed E-state index contributed by atoms with van der Waals surface area (Å²) in [5, 5.41) is 11.1. The van der Waals surface area contributed by atoms with Crippen molar-refractivity contribution in [3.05, 3.63) is 77.3 Å². The molecule has 0 aliphatic heterocycles. The molecule has 0 spiro atoms. The number of carbonyl (C=O) groups is 1. The van der Waals surface area contributed by atoms with Crippen molar-refractivity contribution < 1.29 is 9.90 Å². The SMILES string of the molecule is C=CC(=O)N(C)c1ccc(Cl)cc1C(O)c1ccccc1. The van der Waals surface area contributed by atoms with E-state index in [1.54, 1.807) is 25.2 Å². The van der Waals surface area contributed by atoms with Gasteiger partial charge in [0, 0.05) is 23.3 Å². The minimum atomic E-state index is -0.861. The highest BCUT2D eigenvalue weighted by atomic mass is 35.5. The summed E-state index contributed by atoms with van der Waals surface area (Å²) in [6.07, 6.45) is 0.368. The lowest BCUT2D eigenvalue weighted by atomic mass is 9.99.